The zero-order valence-corrected chi connectivity index (χ0v) is 12.9. The minimum atomic E-state index is -0.919. The van der Waals surface area contributed by atoms with Crippen molar-refractivity contribution in [2.45, 2.75) is 45.6 Å². The van der Waals surface area contributed by atoms with Crippen LogP contribution in [-0.4, -0.2) is 29.2 Å². The number of carbonyl (C=O) groups excluding carboxylic acids is 1. The van der Waals surface area contributed by atoms with E-state index in [-0.39, 0.29) is 24.5 Å². The number of rotatable bonds is 7. The molecule has 0 bridgehead atoms. The van der Waals surface area contributed by atoms with E-state index in [1.165, 1.54) is 4.90 Å². The van der Waals surface area contributed by atoms with E-state index < -0.39 is 5.97 Å². The van der Waals surface area contributed by atoms with Crippen molar-refractivity contribution in [2.24, 2.45) is 0 Å². The number of para-hydroxylation sites is 1. The van der Waals surface area contributed by atoms with E-state index in [9.17, 15) is 9.59 Å². The Balaban J connectivity index is 2.90. The van der Waals surface area contributed by atoms with Gasteiger partial charge >= 0.3 is 12.0 Å². The minimum absolute atomic E-state index is 0.0860. The van der Waals surface area contributed by atoms with Crippen LogP contribution in [0.2, 0.25) is 0 Å². The first-order chi connectivity index (χ1) is 9.91. The summed E-state index contributed by atoms with van der Waals surface area (Å²) in [5.74, 6) is -0.919. The molecule has 0 radical (unpaired) electrons. The van der Waals surface area contributed by atoms with Crippen LogP contribution >= 0.6 is 0 Å². The molecule has 0 saturated carbocycles. The largest absolute Gasteiger partial charge is 0.481 e. The van der Waals surface area contributed by atoms with E-state index >= 15 is 0 Å². The van der Waals surface area contributed by atoms with E-state index in [2.05, 4.69) is 5.32 Å². The number of benzene rings is 1. The van der Waals surface area contributed by atoms with Crippen LogP contribution in [-0.2, 0) is 4.79 Å². The summed E-state index contributed by atoms with van der Waals surface area (Å²) >= 11 is 0. The van der Waals surface area contributed by atoms with Gasteiger partial charge in [-0.1, -0.05) is 32.0 Å². The van der Waals surface area contributed by atoms with Gasteiger partial charge in [0.15, 0.2) is 0 Å². The average molecular weight is 292 g/mol. The molecular formula is C16H24N2O3. The number of nitrogens with one attached hydrogen (secondary N) is 1. The van der Waals surface area contributed by atoms with Gasteiger partial charge < -0.3 is 10.4 Å². The molecule has 21 heavy (non-hydrogen) atoms. The van der Waals surface area contributed by atoms with Crippen molar-refractivity contribution in [1.29, 1.82) is 0 Å². The Kier molecular flexibility index (Phi) is 6.21. The number of aliphatic carboxylic acids is 1. The van der Waals surface area contributed by atoms with E-state index in [0.717, 1.165) is 12.8 Å². The smallest absolute Gasteiger partial charge is 0.322 e. The van der Waals surface area contributed by atoms with Gasteiger partial charge in [-0.25, -0.2) is 4.79 Å². The summed E-state index contributed by atoms with van der Waals surface area (Å²) in [7, 11) is 0. The summed E-state index contributed by atoms with van der Waals surface area (Å²) in [6.07, 6.45) is 1.55. The monoisotopic (exact) mass is 292 g/mol. The van der Waals surface area contributed by atoms with Crippen LogP contribution < -0.4 is 10.2 Å². The average Bonchev–Trinajstić information content (AvgIpc) is 2.48. The summed E-state index contributed by atoms with van der Waals surface area (Å²) in [6, 6.07) is 8.87. The van der Waals surface area contributed by atoms with Crippen molar-refractivity contribution in [2.75, 3.05) is 11.4 Å². The Bertz CT molecular complexity index is 470. The van der Waals surface area contributed by atoms with E-state index in [0.29, 0.717) is 5.69 Å². The molecule has 116 valence electrons. The van der Waals surface area contributed by atoms with Crippen molar-refractivity contribution in [1.82, 2.24) is 5.32 Å². The summed E-state index contributed by atoms with van der Waals surface area (Å²) in [4.78, 5) is 24.8. The Morgan fingerprint density at radius 1 is 1.19 bits per heavy atom. The molecule has 5 heteroatoms. The Hall–Kier alpha value is -2.04. The number of urea groups is 1. The van der Waals surface area contributed by atoms with Gasteiger partial charge in [0.1, 0.15) is 0 Å². The highest BCUT2D eigenvalue weighted by Crippen LogP contribution is 2.18. The third kappa shape index (κ3) is 5.10. The molecule has 0 aliphatic rings. The van der Waals surface area contributed by atoms with Crippen LogP contribution in [0.5, 0.6) is 0 Å². The van der Waals surface area contributed by atoms with E-state index in [1.54, 1.807) is 12.1 Å². The predicted octanol–water partition coefficient (Wildman–Crippen LogP) is 3.26. The summed E-state index contributed by atoms with van der Waals surface area (Å²) in [5.41, 5.74) is 0.415. The van der Waals surface area contributed by atoms with Gasteiger partial charge in [0, 0.05) is 17.8 Å². The van der Waals surface area contributed by atoms with Gasteiger partial charge in [0.2, 0.25) is 0 Å². The lowest BCUT2D eigenvalue weighted by atomic mass is 9.96. The van der Waals surface area contributed by atoms with Crippen LogP contribution in [0.3, 0.4) is 0 Å². The lowest BCUT2D eigenvalue weighted by Crippen LogP contribution is -2.51. The minimum Gasteiger partial charge on any atom is -0.481 e. The van der Waals surface area contributed by atoms with Crippen LogP contribution in [0.1, 0.15) is 40.0 Å². The molecule has 0 saturated heterocycles. The molecule has 5 nitrogen and oxygen atoms in total. The molecule has 0 fully saturated rings. The molecule has 1 aromatic carbocycles. The van der Waals surface area contributed by atoms with Crippen molar-refractivity contribution in [3.8, 4) is 0 Å². The molecule has 0 heterocycles. The van der Waals surface area contributed by atoms with Crippen molar-refractivity contribution >= 4 is 17.7 Å². The molecule has 0 aromatic heterocycles. The molecule has 2 amide bonds. The van der Waals surface area contributed by atoms with E-state index in [4.69, 9.17) is 5.11 Å². The fourth-order valence-electron chi connectivity index (χ4n) is 1.92. The Labute approximate surface area is 126 Å². The second-order valence-electron chi connectivity index (χ2n) is 5.33. The number of anilines is 1. The molecule has 0 aliphatic heterocycles. The maximum atomic E-state index is 12.5. The van der Waals surface area contributed by atoms with Crippen LogP contribution in [0, 0.1) is 0 Å². The third-order valence-corrected chi connectivity index (χ3v) is 3.83. The normalized spacial score (nSPS) is 11.0. The predicted molar refractivity (Wildman–Crippen MR) is 83.6 cm³/mol. The number of carboxylic acids is 1. The number of carbonyl (C=O) groups is 2. The number of carboxylic acid groups (broad SMARTS) is 1. The highest BCUT2D eigenvalue weighted by molar-refractivity contribution is 5.92. The van der Waals surface area contributed by atoms with Crippen LogP contribution in [0.15, 0.2) is 30.3 Å². The maximum Gasteiger partial charge on any atom is 0.322 e. The lowest BCUT2D eigenvalue weighted by Gasteiger charge is -2.32. The topological polar surface area (TPSA) is 69.6 Å². The van der Waals surface area contributed by atoms with Crippen molar-refractivity contribution in [3.63, 3.8) is 0 Å². The van der Waals surface area contributed by atoms with Gasteiger partial charge in [-0.05, 0) is 31.9 Å². The van der Waals surface area contributed by atoms with Gasteiger partial charge in [-0.2, -0.15) is 0 Å². The van der Waals surface area contributed by atoms with Gasteiger partial charge in [-0.3, -0.25) is 9.69 Å². The van der Waals surface area contributed by atoms with Gasteiger partial charge in [-0.15, -0.1) is 0 Å². The first kappa shape index (κ1) is 17.0. The number of nitrogens with zero attached hydrogens (tertiary/aromatic N) is 1. The van der Waals surface area contributed by atoms with Crippen LogP contribution in [0.25, 0.3) is 0 Å². The number of hydrogen-bond donors (Lipinski definition) is 2. The molecule has 2 N–H and O–H groups in total. The molecule has 1 aromatic rings. The highest BCUT2D eigenvalue weighted by Gasteiger charge is 2.26. The standard InChI is InChI=1S/C16H24N2O3/c1-4-16(3,5-2)17-15(21)18(12-11-14(19)20)13-9-7-6-8-10-13/h6-10H,4-5,11-12H2,1-3H3,(H,17,21)(H,19,20). The first-order valence-electron chi connectivity index (χ1n) is 7.28. The molecule has 0 atom stereocenters. The second kappa shape index (κ2) is 7.67. The first-order valence-corrected chi connectivity index (χ1v) is 7.28. The highest BCUT2D eigenvalue weighted by atomic mass is 16.4. The van der Waals surface area contributed by atoms with Crippen LogP contribution in [0.4, 0.5) is 10.5 Å². The Morgan fingerprint density at radius 2 is 1.76 bits per heavy atom. The lowest BCUT2D eigenvalue weighted by molar-refractivity contribution is -0.136. The third-order valence-electron chi connectivity index (χ3n) is 3.83. The van der Waals surface area contributed by atoms with Crippen molar-refractivity contribution in [3.05, 3.63) is 30.3 Å². The molecule has 0 spiro atoms. The molecule has 1 rings (SSSR count). The second-order valence-corrected chi connectivity index (χ2v) is 5.33. The van der Waals surface area contributed by atoms with Crippen molar-refractivity contribution < 1.29 is 14.7 Å². The van der Waals surface area contributed by atoms with Gasteiger partial charge in [0.25, 0.3) is 0 Å². The summed E-state index contributed by atoms with van der Waals surface area (Å²) in [5, 5.41) is 11.9. The maximum absolute atomic E-state index is 12.5. The van der Waals surface area contributed by atoms with Gasteiger partial charge in [0.05, 0.1) is 6.42 Å². The number of amides is 2. The molecular weight excluding hydrogens is 268 g/mol. The summed E-state index contributed by atoms with van der Waals surface area (Å²) < 4.78 is 0. The fourth-order valence-corrected chi connectivity index (χ4v) is 1.92. The molecule has 0 aliphatic carbocycles. The zero-order chi connectivity index (χ0) is 15.9. The fraction of sp³-hybridized carbons (Fsp3) is 0.500. The number of hydrogen-bond acceptors (Lipinski definition) is 2. The molecule has 0 unspecified atom stereocenters. The SMILES string of the molecule is CCC(C)(CC)NC(=O)N(CCC(=O)O)c1ccccc1. The summed E-state index contributed by atoms with van der Waals surface area (Å²) in [6.45, 7) is 6.18. The van der Waals surface area contributed by atoms with E-state index in [1.807, 2.05) is 39.0 Å². The Morgan fingerprint density at radius 3 is 2.24 bits per heavy atom. The zero-order valence-electron chi connectivity index (χ0n) is 12.9. The quantitative estimate of drug-likeness (QED) is 0.810.